The molecule has 0 aliphatic carbocycles. The number of aromatic nitrogens is 1. The summed E-state index contributed by atoms with van der Waals surface area (Å²) in [5, 5.41) is 7.45. The summed E-state index contributed by atoms with van der Waals surface area (Å²) in [5.41, 5.74) is 2.22. The van der Waals surface area contributed by atoms with Crippen molar-refractivity contribution >= 4 is 29.7 Å². The molecule has 1 saturated heterocycles. The summed E-state index contributed by atoms with van der Waals surface area (Å²) in [6.07, 6.45) is 2.69. The highest BCUT2D eigenvalue weighted by molar-refractivity contribution is 7.12. The van der Waals surface area contributed by atoms with Gasteiger partial charge in [-0.05, 0) is 32.9 Å². The zero-order valence-corrected chi connectivity index (χ0v) is 15.5. The average Bonchev–Trinajstić information content (AvgIpc) is 2.97. The highest BCUT2D eigenvalue weighted by Gasteiger charge is 2.20. The van der Waals surface area contributed by atoms with Gasteiger partial charge < -0.3 is 10.6 Å². The van der Waals surface area contributed by atoms with Gasteiger partial charge in [-0.1, -0.05) is 30.3 Å². The number of carbonyl (C=O) groups excluding carboxylic acids is 1. The van der Waals surface area contributed by atoms with Crippen LogP contribution in [-0.2, 0) is 11.2 Å². The molecule has 2 heterocycles. The van der Waals surface area contributed by atoms with Crippen LogP contribution in [0.3, 0.4) is 0 Å². The number of halogens is 1. The zero-order valence-electron chi connectivity index (χ0n) is 13.9. The van der Waals surface area contributed by atoms with Crippen molar-refractivity contribution in [3.05, 3.63) is 40.2 Å². The minimum atomic E-state index is 0. The standard InChI is InChI=1S/C18H23N3OS.ClH/c1-13-17(14-5-3-2-4-6-14)21-16(23-13)9-12-20-18(22)15-7-10-19-11-8-15;/h2-6,15,19H,7-12H2,1H3,(H,20,22);1H. The van der Waals surface area contributed by atoms with Crippen LogP contribution in [0, 0.1) is 12.8 Å². The van der Waals surface area contributed by atoms with E-state index < -0.39 is 0 Å². The van der Waals surface area contributed by atoms with E-state index in [0.29, 0.717) is 6.54 Å². The molecule has 0 bridgehead atoms. The molecule has 1 aromatic heterocycles. The number of piperidine rings is 1. The molecule has 1 amide bonds. The second-order valence-electron chi connectivity index (χ2n) is 5.94. The maximum absolute atomic E-state index is 12.1. The Labute approximate surface area is 153 Å². The van der Waals surface area contributed by atoms with Crippen LogP contribution in [-0.4, -0.2) is 30.5 Å². The Kier molecular flexibility index (Phi) is 7.21. The van der Waals surface area contributed by atoms with Crippen LogP contribution in [0.2, 0.25) is 0 Å². The Morgan fingerprint density at radius 3 is 2.71 bits per heavy atom. The molecule has 1 aliphatic heterocycles. The maximum atomic E-state index is 12.1. The summed E-state index contributed by atoms with van der Waals surface area (Å²) >= 11 is 1.72. The summed E-state index contributed by atoms with van der Waals surface area (Å²) in [6.45, 7) is 4.68. The van der Waals surface area contributed by atoms with Gasteiger partial charge in [-0.2, -0.15) is 0 Å². The molecule has 4 nitrogen and oxygen atoms in total. The van der Waals surface area contributed by atoms with Crippen LogP contribution < -0.4 is 10.6 Å². The van der Waals surface area contributed by atoms with E-state index in [4.69, 9.17) is 4.98 Å². The highest BCUT2D eigenvalue weighted by atomic mass is 35.5. The first-order chi connectivity index (χ1) is 11.2. The van der Waals surface area contributed by atoms with E-state index in [0.717, 1.165) is 48.6 Å². The smallest absolute Gasteiger partial charge is 0.223 e. The van der Waals surface area contributed by atoms with Gasteiger partial charge in [-0.3, -0.25) is 4.79 Å². The number of thiazole rings is 1. The molecular formula is C18H24ClN3OS. The van der Waals surface area contributed by atoms with Crippen molar-refractivity contribution in [3.63, 3.8) is 0 Å². The lowest BCUT2D eigenvalue weighted by Gasteiger charge is -2.21. The van der Waals surface area contributed by atoms with E-state index in [1.54, 1.807) is 11.3 Å². The van der Waals surface area contributed by atoms with Crippen LogP contribution in [0.4, 0.5) is 0 Å². The molecule has 1 aliphatic rings. The molecule has 0 atom stereocenters. The number of benzene rings is 1. The third-order valence-corrected chi connectivity index (χ3v) is 5.27. The fraction of sp³-hybridized carbons (Fsp3) is 0.444. The first kappa shape index (κ1) is 18.9. The van der Waals surface area contributed by atoms with Gasteiger partial charge in [0.05, 0.1) is 10.7 Å². The predicted octanol–water partition coefficient (Wildman–Crippen LogP) is 3.20. The SMILES string of the molecule is Cc1sc(CCNC(=O)C2CCNCC2)nc1-c1ccccc1.Cl. The van der Waals surface area contributed by atoms with Gasteiger partial charge in [0, 0.05) is 29.3 Å². The minimum Gasteiger partial charge on any atom is -0.355 e. The number of carbonyl (C=O) groups is 1. The fourth-order valence-electron chi connectivity index (χ4n) is 2.94. The molecule has 0 spiro atoms. The van der Waals surface area contributed by atoms with Gasteiger partial charge in [-0.15, -0.1) is 23.7 Å². The Bertz CT molecular complexity index is 654. The Morgan fingerprint density at radius 2 is 2.00 bits per heavy atom. The molecule has 2 N–H and O–H groups in total. The number of hydrogen-bond acceptors (Lipinski definition) is 4. The van der Waals surface area contributed by atoms with E-state index >= 15 is 0 Å². The van der Waals surface area contributed by atoms with E-state index in [9.17, 15) is 4.79 Å². The van der Waals surface area contributed by atoms with Crippen LogP contribution >= 0.6 is 23.7 Å². The first-order valence-corrected chi connectivity index (χ1v) is 9.06. The monoisotopic (exact) mass is 365 g/mol. The summed E-state index contributed by atoms with van der Waals surface area (Å²) in [5.74, 6) is 0.372. The van der Waals surface area contributed by atoms with Crippen molar-refractivity contribution in [2.75, 3.05) is 19.6 Å². The lowest BCUT2D eigenvalue weighted by atomic mass is 9.97. The Hall–Kier alpha value is -1.43. The van der Waals surface area contributed by atoms with Crippen molar-refractivity contribution in [2.45, 2.75) is 26.2 Å². The second-order valence-corrected chi connectivity index (χ2v) is 7.23. The molecule has 24 heavy (non-hydrogen) atoms. The molecule has 2 aromatic rings. The minimum absolute atomic E-state index is 0. The summed E-state index contributed by atoms with van der Waals surface area (Å²) in [4.78, 5) is 18.1. The van der Waals surface area contributed by atoms with Gasteiger partial charge >= 0.3 is 0 Å². The van der Waals surface area contributed by atoms with E-state index in [-0.39, 0.29) is 24.2 Å². The predicted molar refractivity (Wildman–Crippen MR) is 102 cm³/mol. The maximum Gasteiger partial charge on any atom is 0.223 e. The number of nitrogens with zero attached hydrogens (tertiary/aromatic N) is 1. The molecule has 1 aromatic carbocycles. The van der Waals surface area contributed by atoms with Crippen LogP contribution in [0.1, 0.15) is 22.7 Å². The quantitative estimate of drug-likeness (QED) is 0.855. The molecule has 130 valence electrons. The van der Waals surface area contributed by atoms with Crippen molar-refractivity contribution in [1.82, 2.24) is 15.6 Å². The first-order valence-electron chi connectivity index (χ1n) is 8.24. The fourth-order valence-corrected chi connectivity index (χ4v) is 3.90. The largest absolute Gasteiger partial charge is 0.355 e. The molecule has 0 radical (unpaired) electrons. The molecule has 6 heteroatoms. The van der Waals surface area contributed by atoms with E-state index in [2.05, 4.69) is 29.7 Å². The van der Waals surface area contributed by atoms with Crippen molar-refractivity contribution in [1.29, 1.82) is 0 Å². The average molecular weight is 366 g/mol. The van der Waals surface area contributed by atoms with Crippen molar-refractivity contribution in [3.8, 4) is 11.3 Å². The number of rotatable bonds is 5. The summed E-state index contributed by atoms with van der Waals surface area (Å²) in [7, 11) is 0. The summed E-state index contributed by atoms with van der Waals surface area (Å²) < 4.78 is 0. The summed E-state index contributed by atoms with van der Waals surface area (Å²) in [6, 6.07) is 10.3. The Balaban J connectivity index is 0.00000208. The van der Waals surface area contributed by atoms with E-state index in [1.165, 1.54) is 4.88 Å². The lowest BCUT2D eigenvalue weighted by molar-refractivity contribution is -0.125. The van der Waals surface area contributed by atoms with Crippen LogP contribution in [0.5, 0.6) is 0 Å². The molecular weight excluding hydrogens is 342 g/mol. The molecule has 0 saturated carbocycles. The number of nitrogens with one attached hydrogen (secondary N) is 2. The van der Waals surface area contributed by atoms with Gasteiger partial charge in [0.2, 0.25) is 5.91 Å². The van der Waals surface area contributed by atoms with Gasteiger partial charge in [0.25, 0.3) is 0 Å². The third kappa shape index (κ3) is 4.79. The van der Waals surface area contributed by atoms with Crippen LogP contribution in [0.25, 0.3) is 11.3 Å². The number of hydrogen-bond donors (Lipinski definition) is 2. The normalized spacial score (nSPS) is 14.9. The second kappa shape index (κ2) is 9.16. The van der Waals surface area contributed by atoms with Gasteiger partial charge in [-0.25, -0.2) is 4.98 Å². The third-order valence-electron chi connectivity index (χ3n) is 4.24. The molecule has 1 fully saturated rings. The molecule has 3 rings (SSSR count). The lowest BCUT2D eigenvalue weighted by Crippen LogP contribution is -2.38. The van der Waals surface area contributed by atoms with Gasteiger partial charge in [0.15, 0.2) is 0 Å². The highest BCUT2D eigenvalue weighted by Crippen LogP contribution is 2.27. The van der Waals surface area contributed by atoms with Crippen molar-refractivity contribution < 1.29 is 4.79 Å². The number of aryl methyl sites for hydroxylation is 1. The molecule has 0 unspecified atom stereocenters. The van der Waals surface area contributed by atoms with Crippen molar-refractivity contribution in [2.24, 2.45) is 5.92 Å². The number of amides is 1. The van der Waals surface area contributed by atoms with Crippen LogP contribution in [0.15, 0.2) is 30.3 Å². The topological polar surface area (TPSA) is 54.0 Å². The Morgan fingerprint density at radius 1 is 1.29 bits per heavy atom. The van der Waals surface area contributed by atoms with Gasteiger partial charge in [0.1, 0.15) is 0 Å². The van der Waals surface area contributed by atoms with E-state index in [1.807, 2.05) is 18.2 Å². The zero-order chi connectivity index (χ0) is 16.1.